The lowest BCUT2D eigenvalue weighted by atomic mass is 10.2. The van der Waals surface area contributed by atoms with Crippen LogP contribution in [-0.2, 0) is 19.7 Å². The Morgan fingerprint density at radius 2 is 2.14 bits per heavy atom. The maximum absolute atomic E-state index is 12.5. The fourth-order valence-electron chi connectivity index (χ4n) is 2.28. The topological polar surface area (TPSA) is 97.4 Å². The number of amides is 1. The molecule has 6 nitrogen and oxygen atoms in total. The first-order valence-electron chi connectivity index (χ1n) is 6.70. The largest absolute Gasteiger partial charge is 0.349 e. The molecule has 1 aliphatic rings. The Kier molecular flexibility index (Phi) is 4.72. The van der Waals surface area contributed by atoms with Crippen LogP contribution in [0.1, 0.15) is 16.8 Å². The molecule has 1 saturated heterocycles. The zero-order valence-corrected chi connectivity index (χ0v) is 13.5. The van der Waals surface area contributed by atoms with E-state index in [0.29, 0.717) is 0 Å². The van der Waals surface area contributed by atoms with Crippen molar-refractivity contribution in [2.75, 3.05) is 18.1 Å². The standard InChI is InChI=1S/C14H17NO5S2/c1-2-7-15-14(16)11-4-3-5-12(9-11)22(19,20)13-6-8-21(17,18)10-13/h2-5,9,13H,1,6-8,10H2,(H,15,16). The summed E-state index contributed by atoms with van der Waals surface area (Å²) in [7, 11) is -7.06. The summed E-state index contributed by atoms with van der Waals surface area (Å²) >= 11 is 0. The monoisotopic (exact) mass is 343 g/mol. The molecule has 1 fully saturated rings. The molecule has 1 aliphatic heterocycles. The molecule has 1 aromatic rings. The molecule has 8 heteroatoms. The van der Waals surface area contributed by atoms with Gasteiger partial charge in [0.2, 0.25) is 0 Å². The van der Waals surface area contributed by atoms with Gasteiger partial charge in [-0.1, -0.05) is 12.1 Å². The smallest absolute Gasteiger partial charge is 0.251 e. The number of rotatable bonds is 5. The molecule has 1 aromatic carbocycles. The molecule has 0 saturated carbocycles. The van der Waals surface area contributed by atoms with E-state index in [4.69, 9.17) is 0 Å². The molecule has 1 atom stereocenters. The van der Waals surface area contributed by atoms with Gasteiger partial charge in [0, 0.05) is 12.1 Å². The van der Waals surface area contributed by atoms with Crippen LogP contribution in [0.2, 0.25) is 0 Å². The van der Waals surface area contributed by atoms with Crippen molar-refractivity contribution in [3.63, 3.8) is 0 Å². The van der Waals surface area contributed by atoms with Crippen molar-refractivity contribution in [3.05, 3.63) is 42.5 Å². The third-order valence-corrected chi connectivity index (χ3v) is 7.63. The minimum absolute atomic E-state index is 0.0270. The maximum Gasteiger partial charge on any atom is 0.251 e. The van der Waals surface area contributed by atoms with Crippen LogP contribution in [0.15, 0.2) is 41.8 Å². The van der Waals surface area contributed by atoms with Gasteiger partial charge in [-0.05, 0) is 24.6 Å². The van der Waals surface area contributed by atoms with E-state index < -0.39 is 30.8 Å². The Morgan fingerprint density at radius 3 is 2.73 bits per heavy atom. The van der Waals surface area contributed by atoms with Crippen LogP contribution in [-0.4, -0.2) is 46.0 Å². The Hall–Kier alpha value is -1.67. The van der Waals surface area contributed by atoms with Crippen LogP contribution < -0.4 is 5.32 Å². The number of hydrogen-bond acceptors (Lipinski definition) is 5. The van der Waals surface area contributed by atoms with Crippen LogP contribution in [0.5, 0.6) is 0 Å². The molecule has 22 heavy (non-hydrogen) atoms. The second-order valence-corrected chi connectivity index (χ2v) is 9.55. The van der Waals surface area contributed by atoms with Gasteiger partial charge in [0.25, 0.3) is 5.91 Å². The summed E-state index contributed by atoms with van der Waals surface area (Å²) in [6.45, 7) is 3.76. The highest BCUT2D eigenvalue weighted by Crippen LogP contribution is 2.25. The van der Waals surface area contributed by atoms with Crippen molar-refractivity contribution in [2.24, 2.45) is 0 Å². The van der Waals surface area contributed by atoms with E-state index in [-0.39, 0.29) is 34.9 Å². The van der Waals surface area contributed by atoms with Gasteiger partial charge >= 0.3 is 0 Å². The van der Waals surface area contributed by atoms with Gasteiger partial charge in [-0.2, -0.15) is 0 Å². The molecule has 0 radical (unpaired) electrons. The van der Waals surface area contributed by atoms with Crippen LogP contribution >= 0.6 is 0 Å². The second kappa shape index (κ2) is 6.21. The third kappa shape index (κ3) is 3.56. The maximum atomic E-state index is 12.5. The zero-order valence-electron chi connectivity index (χ0n) is 11.9. The third-order valence-electron chi connectivity index (χ3n) is 3.46. The normalized spacial score (nSPS) is 20.5. The zero-order chi connectivity index (χ0) is 16.4. The van der Waals surface area contributed by atoms with Crippen molar-refractivity contribution in [1.29, 1.82) is 0 Å². The minimum atomic E-state index is -3.77. The Balaban J connectivity index is 2.29. The van der Waals surface area contributed by atoms with Gasteiger partial charge in [-0.3, -0.25) is 4.79 Å². The summed E-state index contributed by atoms with van der Waals surface area (Å²) in [4.78, 5) is 11.8. The summed E-state index contributed by atoms with van der Waals surface area (Å²) in [5, 5.41) is 1.62. The molecule has 0 spiro atoms. The first kappa shape index (κ1) is 16.7. The van der Waals surface area contributed by atoms with E-state index in [1.165, 1.54) is 30.3 Å². The number of carbonyl (C=O) groups excluding carboxylic acids is 1. The lowest BCUT2D eigenvalue weighted by molar-refractivity contribution is 0.0958. The predicted molar refractivity (Wildman–Crippen MR) is 83.2 cm³/mol. The van der Waals surface area contributed by atoms with Gasteiger partial charge in [-0.15, -0.1) is 6.58 Å². The van der Waals surface area contributed by atoms with Crippen LogP contribution in [0.25, 0.3) is 0 Å². The summed E-state index contributed by atoms with van der Waals surface area (Å²) in [5.74, 6) is -0.880. The molecular formula is C14H17NO5S2. The van der Waals surface area contributed by atoms with E-state index in [2.05, 4.69) is 11.9 Å². The van der Waals surface area contributed by atoms with Crippen LogP contribution in [0, 0.1) is 0 Å². The molecule has 1 heterocycles. The van der Waals surface area contributed by atoms with Gasteiger partial charge < -0.3 is 5.32 Å². The SMILES string of the molecule is C=CCNC(=O)c1cccc(S(=O)(=O)C2CCS(=O)(=O)C2)c1. The van der Waals surface area contributed by atoms with Gasteiger partial charge in [0.05, 0.1) is 21.7 Å². The first-order chi connectivity index (χ1) is 10.3. The summed E-state index contributed by atoms with van der Waals surface area (Å²) in [6, 6.07) is 5.63. The molecule has 0 bridgehead atoms. The number of nitrogens with one attached hydrogen (secondary N) is 1. The van der Waals surface area contributed by atoms with Gasteiger partial charge in [-0.25, -0.2) is 16.8 Å². The molecule has 0 aliphatic carbocycles. The highest BCUT2D eigenvalue weighted by Gasteiger charge is 2.38. The highest BCUT2D eigenvalue weighted by atomic mass is 32.2. The van der Waals surface area contributed by atoms with Gasteiger partial charge in [0.1, 0.15) is 0 Å². The molecule has 0 aromatic heterocycles. The van der Waals surface area contributed by atoms with Crippen molar-refractivity contribution < 1.29 is 21.6 Å². The van der Waals surface area contributed by atoms with Crippen molar-refractivity contribution in [1.82, 2.24) is 5.32 Å². The summed E-state index contributed by atoms with van der Waals surface area (Å²) in [5.41, 5.74) is 0.212. The molecule has 2 rings (SSSR count). The summed E-state index contributed by atoms with van der Waals surface area (Å²) < 4.78 is 47.9. The second-order valence-electron chi connectivity index (χ2n) is 5.10. The lowest BCUT2D eigenvalue weighted by Gasteiger charge is -2.11. The van der Waals surface area contributed by atoms with Crippen LogP contribution in [0.3, 0.4) is 0 Å². The minimum Gasteiger partial charge on any atom is -0.349 e. The predicted octanol–water partition coefficient (Wildman–Crippen LogP) is 0.563. The van der Waals surface area contributed by atoms with E-state index >= 15 is 0 Å². The highest BCUT2D eigenvalue weighted by molar-refractivity contribution is 7.96. The number of carbonyl (C=O) groups is 1. The Labute approximate surface area is 130 Å². The average Bonchev–Trinajstić information content (AvgIpc) is 2.85. The first-order valence-corrected chi connectivity index (χ1v) is 10.1. The van der Waals surface area contributed by atoms with Crippen molar-refractivity contribution >= 4 is 25.6 Å². The molecule has 1 amide bonds. The average molecular weight is 343 g/mol. The number of sulfone groups is 2. The fourth-order valence-corrected chi connectivity index (χ4v) is 6.68. The van der Waals surface area contributed by atoms with Crippen molar-refractivity contribution in [3.8, 4) is 0 Å². The number of hydrogen-bond donors (Lipinski definition) is 1. The molecule has 1 unspecified atom stereocenters. The van der Waals surface area contributed by atoms with Gasteiger partial charge in [0.15, 0.2) is 19.7 Å². The molecular weight excluding hydrogens is 326 g/mol. The van der Waals surface area contributed by atoms with E-state index in [9.17, 15) is 21.6 Å². The van der Waals surface area contributed by atoms with E-state index in [0.717, 1.165) is 0 Å². The van der Waals surface area contributed by atoms with Crippen molar-refractivity contribution in [2.45, 2.75) is 16.6 Å². The fraction of sp³-hybridized carbons (Fsp3) is 0.357. The molecule has 120 valence electrons. The summed E-state index contributed by atoms with van der Waals surface area (Å²) in [6.07, 6.45) is 1.61. The number of benzene rings is 1. The Bertz CT molecular complexity index is 796. The quantitative estimate of drug-likeness (QED) is 0.788. The molecule has 1 N–H and O–H groups in total. The van der Waals surface area contributed by atoms with E-state index in [1.54, 1.807) is 0 Å². The Morgan fingerprint density at radius 1 is 1.41 bits per heavy atom. The van der Waals surface area contributed by atoms with E-state index in [1.807, 2.05) is 0 Å². The van der Waals surface area contributed by atoms with Crippen LogP contribution in [0.4, 0.5) is 0 Å². The lowest BCUT2D eigenvalue weighted by Crippen LogP contribution is -2.25.